The molecule has 0 saturated heterocycles. The van der Waals surface area contributed by atoms with Gasteiger partial charge in [0.15, 0.2) is 0 Å². The Morgan fingerprint density at radius 3 is 2.80 bits per heavy atom. The number of nitrogens with zero attached hydrogens (tertiary/aromatic N) is 3. The highest BCUT2D eigenvalue weighted by molar-refractivity contribution is 7.88. The van der Waals surface area contributed by atoms with Crippen LogP contribution >= 0.6 is 0 Å². The molecular weight excluding hydrogens is 282 g/mol. The van der Waals surface area contributed by atoms with Gasteiger partial charge in [-0.25, -0.2) is 8.42 Å². The summed E-state index contributed by atoms with van der Waals surface area (Å²) >= 11 is 0. The second kappa shape index (κ2) is 5.59. The van der Waals surface area contributed by atoms with Gasteiger partial charge < -0.3 is 9.26 Å². The molecule has 1 aromatic heterocycles. The van der Waals surface area contributed by atoms with E-state index < -0.39 is 10.0 Å². The summed E-state index contributed by atoms with van der Waals surface area (Å²) in [4.78, 5) is 4.17. The molecule has 0 saturated carbocycles. The summed E-state index contributed by atoms with van der Waals surface area (Å²) in [7, 11) is -0.261. The fourth-order valence-corrected chi connectivity index (χ4v) is 1.85. The fraction of sp³-hybridized carbons (Fsp3) is 0.333. The van der Waals surface area contributed by atoms with Crippen molar-refractivity contribution in [3.63, 3.8) is 0 Å². The van der Waals surface area contributed by atoms with E-state index in [1.807, 2.05) is 18.2 Å². The monoisotopic (exact) mass is 297 g/mol. The minimum atomic E-state index is -3.28. The molecule has 8 heteroatoms. The van der Waals surface area contributed by atoms with Crippen LogP contribution in [-0.2, 0) is 16.6 Å². The van der Waals surface area contributed by atoms with Crippen LogP contribution in [0.25, 0.3) is 11.4 Å². The quantitative estimate of drug-likeness (QED) is 0.822. The Hall–Kier alpha value is -1.93. The minimum absolute atomic E-state index is 0.0375. The summed E-state index contributed by atoms with van der Waals surface area (Å²) in [6, 6.07) is 7.21. The van der Waals surface area contributed by atoms with Crippen LogP contribution in [0.1, 0.15) is 5.89 Å². The van der Waals surface area contributed by atoms with Crippen molar-refractivity contribution in [1.29, 1.82) is 0 Å². The van der Waals surface area contributed by atoms with Crippen molar-refractivity contribution in [2.24, 2.45) is 0 Å². The number of methoxy groups -OCH3 is 1. The van der Waals surface area contributed by atoms with E-state index in [1.165, 1.54) is 7.05 Å². The third-order valence-electron chi connectivity index (χ3n) is 2.72. The zero-order valence-corrected chi connectivity index (χ0v) is 12.2. The molecule has 0 aliphatic heterocycles. The van der Waals surface area contributed by atoms with Gasteiger partial charge in [0.2, 0.25) is 21.7 Å². The van der Waals surface area contributed by atoms with Gasteiger partial charge in [-0.05, 0) is 12.1 Å². The Balaban J connectivity index is 2.20. The zero-order chi connectivity index (χ0) is 14.8. The molecule has 7 nitrogen and oxygen atoms in total. The molecule has 0 bridgehead atoms. The van der Waals surface area contributed by atoms with Crippen molar-refractivity contribution in [1.82, 2.24) is 14.4 Å². The molecule has 2 aromatic rings. The van der Waals surface area contributed by atoms with Gasteiger partial charge in [-0.15, -0.1) is 0 Å². The van der Waals surface area contributed by atoms with Crippen LogP contribution in [0, 0.1) is 0 Å². The Morgan fingerprint density at radius 1 is 1.40 bits per heavy atom. The van der Waals surface area contributed by atoms with E-state index in [0.29, 0.717) is 11.6 Å². The summed E-state index contributed by atoms with van der Waals surface area (Å²) in [6.45, 7) is 0.0375. The molecule has 0 atom stereocenters. The second-order valence-corrected chi connectivity index (χ2v) is 6.35. The molecule has 0 amide bonds. The smallest absolute Gasteiger partial charge is 0.242 e. The normalized spacial score (nSPS) is 11.8. The van der Waals surface area contributed by atoms with E-state index >= 15 is 0 Å². The van der Waals surface area contributed by atoms with Gasteiger partial charge in [0, 0.05) is 12.6 Å². The first-order valence-corrected chi connectivity index (χ1v) is 7.63. The summed E-state index contributed by atoms with van der Waals surface area (Å²) in [5, 5.41) is 3.83. The molecule has 0 aliphatic rings. The first-order chi connectivity index (χ1) is 9.40. The molecule has 1 aromatic carbocycles. The first-order valence-electron chi connectivity index (χ1n) is 5.78. The number of rotatable bonds is 5. The number of ether oxygens (including phenoxy) is 1. The maximum absolute atomic E-state index is 11.3. The molecule has 2 rings (SSSR count). The average Bonchev–Trinajstić information content (AvgIpc) is 2.86. The topological polar surface area (TPSA) is 85.5 Å². The van der Waals surface area contributed by atoms with E-state index in [9.17, 15) is 8.42 Å². The van der Waals surface area contributed by atoms with E-state index in [0.717, 1.165) is 16.1 Å². The van der Waals surface area contributed by atoms with Crippen LogP contribution in [0.2, 0.25) is 0 Å². The van der Waals surface area contributed by atoms with Gasteiger partial charge in [-0.3, -0.25) is 0 Å². The van der Waals surface area contributed by atoms with Gasteiger partial charge in [-0.2, -0.15) is 9.29 Å². The number of hydrogen-bond donors (Lipinski definition) is 0. The summed E-state index contributed by atoms with van der Waals surface area (Å²) in [5.74, 6) is 1.30. The van der Waals surface area contributed by atoms with E-state index in [4.69, 9.17) is 9.26 Å². The Bertz CT molecular complexity index is 696. The van der Waals surface area contributed by atoms with Crippen molar-refractivity contribution in [3.05, 3.63) is 30.2 Å². The predicted molar refractivity (Wildman–Crippen MR) is 72.6 cm³/mol. The van der Waals surface area contributed by atoms with Crippen molar-refractivity contribution in [2.75, 3.05) is 20.4 Å². The van der Waals surface area contributed by atoms with E-state index in [1.54, 1.807) is 13.2 Å². The number of aromatic nitrogens is 2. The molecule has 0 aliphatic carbocycles. The molecule has 0 fully saturated rings. The Morgan fingerprint density at radius 2 is 2.15 bits per heavy atom. The molecule has 0 spiro atoms. The van der Waals surface area contributed by atoms with Crippen molar-refractivity contribution in [3.8, 4) is 17.1 Å². The van der Waals surface area contributed by atoms with Crippen molar-refractivity contribution in [2.45, 2.75) is 6.54 Å². The van der Waals surface area contributed by atoms with Gasteiger partial charge in [0.05, 0.1) is 19.9 Å². The predicted octanol–water partition coefficient (Wildman–Crippen LogP) is 1.14. The largest absolute Gasteiger partial charge is 0.497 e. The van der Waals surface area contributed by atoms with E-state index in [-0.39, 0.29) is 12.4 Å². The van der Waals surface area contributed by atoms with Crippen LogP contribution in [-0.4, -0.2) is 43.3 Å². The van der Waals surface area contributed by atoms with Crippen LogP contribution < -0.4 is 4.74 Å². The zero-order valence-electron chi connectivity index (χ0n) is 11.4. The average molecular weight is 297 g/mol. The van der Waals surface area contributed by atoms with Gasteiger partial charge in [0.1, 0.15) is 5.75 Å². The molecule has 0 N–H and O–H groups in total. The molecule has 108 valence electrons. The SMILES string of the molecule is COc1cccc(-c2noc(CN(C)S(C)(=O)=O)n2)c1. The maximum Gasteiger partial charge on any atom is 0.242 e. The number of benzene rings is 1. The third-order valence-corrected chi connectivity index (χ3v) is 3.98. The lowest BCUT2D eigenvalue weighted by atomic mass is 10.2. The standard InChI is InChI=1S/C12H15N3O4S/c1-15(20(3,16)17)8-11-13-12(14-19-11)9-5-4-6-10(7-9)18-2/h4-7H,8H2,1-3H3. The number of sulfonamides is 1. The van der Waals surface area contributed by atoms with Crippen LogP contribution in [0.5, 0.6) is 5.75 Å². The summed E-state index contributed by atoms with van der Waals surface area (Å²) in [6.07, 6.45) is 1.12. The van der Waals surface area contributed by atoms with Crippen LogP contribution in [0.15, 0.2) is 28.8 Å². The Labute approximate surface area is 117 Å². The highest BCUT2D eigenvalue weighted by Gasteiger charge is 2.16. The molecular formula is C12H15N3O4S. The Kier molecular flexibility index (Phi) is 4.05. The highest BCUT2D eigenvalue weighted by atomic mass is 32.2. The lowest BCUT2D eigenvalue weighted by molar-refractivity contribution is 0.337. The van der Waals surface area contributed by atoms with Crippen molar-refractivity contribution >= 4 is 10.0 Å². The minimum Gasteiger partial charge on any atom is -0.497 e. The van der Waals surface area contributed by atoms with Gasteiger partial charge in [0.25, 0.3) is 0 Å². The third kappa shape index (κ3) is 3.34. The maximum atomic E-state index is 11.3. The molecule has 0 radical (unpaired) electrons. The number of hydrogen-bond acceptors (Lipinski definition) is 6. The lowest BCUT2D eigenvalue weighted by Crippen LogP contribution is -2.25. The molecule has 0 unspecified atom stereocenters. The van der Waals surface area contributed by atoms with E-state index in [2.05, 4.69) is 10.1 Å². The second-order valence-electron chi connectivity index (χ2n) is 4.26. The highest BCUT2D eigenvalue weighted by Crippen LogP contribution is 2.21. The van der Waals surface area contributed by atoms with Crippen molar-refractivity contribution < 1.29 is 17.7 Å². The molecule has 1 heterocycles. The summed E-state index contributed by atoms with van der Waals surface area (Å²) in [5.41, 5.74) is 0.737. The van der Waals surface area contributed by atoms with Gasteiger partial charge >= 0.3 is 0 Å². The fourth-order valence-electron chi connectivity index (χ4n) is 1.51. The van der Waals surface area contributed by atoms with Crippen LogP contribution in [0.4, 0.5) is 0 Å². The first kappa shape index (κ1) is 14.5. The summed E-state index contributed by atoms with van der Waals surface area (Å²) < 4.78 is 33.9. The molecule has 20 heavy (non-hydrogen) atoms. The lowest BCUT2D eigenvalue weighted by Gasteiger charge is -2.09. The van der Waals surface area contributed by atoms with Gasteiger partial charge in [-0.1, -0.05) is 17.3 Å². The van der Waals surface area contributed by atoms with Crippen LogP contribution in [0.3, 0.4) is 0 Å².